The number of hydrogen-bond acceptors (Lipinski definition) is 7. The van der Waals surface area contributed by atoms with Gasteiger partial charge in [-0.25, -0.2) is 4.79 Å². The molecular weight excluding hydrogens is 454 g/mol. The first-order valence-corrected chi connectivity index (χ1v) is 17.3. The summed E-state index contributed by atoms with van der Waals surface area (Å²) in [6.07, 6.45) is -0.185. The molecular formula is C23H43N3O5Si2. The van der Waals surface area contributed by atoms with Crippen molar-refractivity contribution in [3.05, 3.63) is 28.8 Å². The van der Waals surface area contributed by atoms with E-state index in [1.165, 1.54) is 16.8 Å². The summed E-state index contributed by atoms with van der Waals surface area (Å²) in [5.74, 6) is 0.0885. The summed E-state index contributed by atoms with van der Waals surface area (Å²) >= 11 is 0. The highest BCUT2D eigenvalue weighted by molar-refractivity contribution is 6.74. The number of aliphatic hydroxyl groups excluding tert-OH is 1. The molecule has 1 saturated heterocycles. The van der Waals surface area contributed by atoms with E-state index in [-0.39, 0.29) is 22.5 Å². The highest BCUT2D eigenvalue weighted by Crippen LogP contribution is 2.42. The van der Waals surface area contributed by atoms with Gasteiger partial charge in [-0.3, -0.25) is 4.57 Å². The zero-order valence-corrected chi connectivity index (χ0v) is 23.9. The maximum absolute atomic E-state index is 12.6. The van der Waals surface area contributed by atoms with Gasteiger partial charge in [-0.05, 0) is 36.3 Å². The first kappa shape index (κ1) is 27.9. The lowest BCUT2D eigenvalue weighted by Gasteiger charge is -2.41. The normalized spacial score (nSPS) is 24.8. The van der Waals surface area contributed by atoms with Gasteiger partial charge in [0.2, 0.25) is 0 Å². The molecule has 2 rings (SSSR count). The highest BCUT2D eigenvalue weighted by Gasteiger charge is 2.51. The van der Waals surface area contributed by atoms with Crippen molar-refractivity contribution in [3.8, 4) is 0 Å². The predicted octanol–water partition coefficient (Wildman–Crippen LogP) is 4.14. The molecule has 3 N–H and O–H groups in total. The minimum absolute atomic E-state index is 0.0239. The average molecular weight is 498 g/mol. The Hall–Kier alpha value is -1.31. The number of nitrogens with zero attached hydrogens (tertiary/aromatic N) is 2. The molecule has 188 valence electrons. The smallest absolute Gasteiger partial charge is 0.351 e. The Morgan fingerprint density at radius 2 is 1.73 bits per heavy atom. The van der Waals surface area contributed by atoms with Gasteiger partial charge in [-0.15, -0.1) is 0 Å². The van der Waals surface area contributed by atoms with E-state index in [0.29, 0.717) is 5.56 Å². The van der Waals surface area contributed by atoms with Gasteiger partial charge in [0, 0.05) is 11.8 Å². The Balaban J connectivity index is 2.44. The van der Waals surface area contributed by atoms with Crippen molar-refractivity contribution < 1.29 is 18.7 Å². The van der Waals surface area contributed by atoms with Crippen LogP contribution in [-0.4, -0.2) is 56.2 Å². The first-order valence-electron chi connectivity index (χ1n) is 11.5. The van der Waals surface area contributed by atoms with Crippen LogP contribution in [0.5, 0.6) is 0 Å². The summed E-state index contributed by atoms with van der Waals surface area (Å²) in [6.45, 7) is 25.5. The van der Waals surface area contributed by atoms with E-state index in [1.807, 2.05) is 0 Å². The third kappa shape index (κ3) is 5.86. The molecule has 0 aromatic carbocycles. The molecule has 0 saturated carbocycles. The van der Waals surface area contributed by atoms with E-state index in [2.05, 4.69) is 79.3 Å². The monoisotopic (exact) mass is 497 g/mol. The first-order chi connectivity index (χ1) is 14.8. The van der Waals surface area contributed by atoms with Gasteiger partial charge in [-0.2, -0.15) is 4.98 Å². The van der Waals surface area contributed by atoms with Crippen molar-refractivity contribution in [2.45, 2.75) is 102 Å². The number of hydrogen-bond donors (Lipinski definition) is 2. The van der Waals surface area contributed by atoms with Gasteiger partial charge in [0.25, 0.3) is 0 Å². The second kappa shape index (κ2) is 9.39. The van der Waals surface area contributed by atoms with Crippen LogP contribution in [0, 0.1) is 0 Å². The topological polar surface area (TPSA) is 109 Å². The molecule has 0 unspecified atom stereocenters. The molecule has 8 nitrogen and oxygen atoms in total. The molecule has 10 heteroatoms. The SMILES string of the molecule is C=Cc1cn([C@@H]2O[C@H](CO[Si](C)(C)C(C)(C)C)[C@@H](O[Si](C)(C)C(C)(C)C)[C@H]2O)c(=O)nc1N. The minimum Gasteiger partial charge on any atom is -0.414 e. The molecule has 0 radical (unpaired) electrons. The number of ether oxygens (including phenoxy) is 1. The highest BCUT2D eigenvalue weighted by atomic mass is 28.4. The molecule has 0 amide bonds. The van der Waals surface area contributed by atoms with E-state index in [9.17, 15) is 9.90 Å². The van der Waals surface area contributed by atoms with E-state index in [0.717, 1.165) is 0 Å². The standard InChI is InChI=1S/C23H43N3O5Si2/c1-12-15-13-26(21(28)25-19(15)24)20-17(27)18(31-33(10,11)23(5,6)7)16(30-20)14-29-32(8,9)22(2,3)4/h12-13,16-18,20,27H,1,14H2,2-11H3,(H2,24,25,28)/t16-,17-,18-,20-/m1/s1. The summed E-state index contributed by atoms with van der Waals surface area (Å²) in [6, 6.07) is 0. The van der Waals surface area contributed by atoms with E-state index >= 15 is 0 Å². The summed E-state index contributed by atoms with van der Waals surface area (Å²) in [5, 5.41) is 11.3. The van der Waals surface area contributed by atoms with Gasteiger partial charge >= 0.3 is 5.69 Å². The number of rotatable bonds is 7. The number of nitrogens with two attached hydrogens (primary N) is 1. The van der Waals surface area contributed by atoms with E-state index in [1.54, 1.807) is 0 Å². The fraction of sp³-hybridized carbons (Fsp3) is 0.739. The fourth-order valence-electron chi connectivity index (χ4n) is 3.09. The van der Waals surface area contributed by atoms with Crippen molar-refractivity contribution in [2.24, 2.45) is 0 Å². The molecule has 4 atom stereocenters. The molecule has 1 aromatic rings. The fourth-order valence-corrected chi connectivity index (χ4v) is 5.43. The second-order valence-corrected chi connectivity index (χ2v) is 21.5. The van der Waals surface area contributed by atoms with Crippen LogP contribution in [0.1, 0.15) is 53.3 Å². The largest absolute Gasteiger partial charge is 0.414 e. The predicted molar refractivity (Wildman–Crippen MR) is 138 cm³/mol. The van der Waals surface area contributed by atoms with E-state index in [4.69, 9.17) is 19.3 Å². The second-order valence-electron chi connectivity index (χ2n) is 11.9. The lowest BCUT2D eigenvalue weighted by atomic mass is 10.1. The number of aliphatic hydroxyl groups is 1. The molecule has 1 fully saturated rings. The Morgan fingerprint density at radius 3 is 2.21 bits per heavy atom. The molecule has 1 aromatic heterocycles. The molecule has 33 heavy (non-hydrogen) atoms. The van der Waals surface area contributed by atoms with Crippen LogP contribution in [0.3, 0.4) is 0 Å². The third-order valence-electron chi connectivity index (χ3n) is 7.47. The van der Waals surface area contributed by atoms with Crippen molar-refractivity contribution in [3.63, 3.8) is 0 Å². The summed E-state index contributed by atoms with van der Waals surface area (Å²) in [7, 11) is -4.33. The summed E-state index contributed by atoms with van der Waals surface area (Å²) in [5.41, 5.74) is 5.72. The lowest BCUT2D eigenvalue weighted by Crippen LogP contribution is -2.51. The summed E-state index contributed by atoms with van der Waals surface area (Å²) < 4.78 is 20.6. The molecule has 2 heterocycles. The van der Waals surface area contributed by atoms with Gasteiger partial charge < -0.3 is 24.4 Å². The minimum atomic E-state index is -2.26. The van der Waals surface area contributed by atoms with Crippen molar-refractivity contribution in [1.82, 2.24) is 9.55 Å². The lowest BCUT2D eigenvalue weighted by molar-refractivity contribution is -0.0528. The zero-order chi connectivity index (χ0) is 25.6. The van der Waals surface area contributed by atoms with Crippen LogP contribution in [0.25, 0.3) is 6.08 Å². The molecule has 1 aliphatic rings. The van der Waals surface area contributed by atoms with Crippen LogP contribution < -0.4 is 11.4 Å². The van der Waals surface area contributed by atoms with Crippen LogP contribution >= 0.6 is 0 Å². The average Bonchev–Trinajstić information content (AvgIpc) is 2.94. The number of nitrogen functional groups attached to an aromatic ring is 1. The van der Waals surface area contributed by atoms with Gasteiger partial charge in [-0.1, -0.05) is 54.2 Å². The van der Waals surface area contributed by atoms with Gasteiger partial charge in [0.1, 0.15) is 24.1 Å². The maximum Gasteiger partial charge on any atom is 0.351 e. The zero-order valence-electron chi connectivity index (χ0n) is 21.9. The quantitative estimate of drug-likeness (QED) is 0.545. The number of anilines is 1. The van der Waals surface area contributed by atoms with Gasteiger partial charge in [0.05, 0.1) is 6.61 Å². The molecule has 1 aliphatic heterocycles. The Bertz CT molecular complexity index is 918. The van der Waals surface area contributed by atoms with Crippen molar-refractivity contribution >= 4 is 28.5 Å². The summed E-state index contributed by atoms with van der Waals surface area (Å²) in [4.78, 5) is 16.5. The third-order valence-corrected chi connectivity index (χ3v) is 16.4. The van der Waals surface area contributed by atoms with Crippen LogP contribution in [0.15, 0.2) is 17.6 Å². The van der Waals surface area contributed by atoms with E-state index < -0.39 is 46.9 Å². The Morgan fingerprint density at radius 1 is 1.18 bits per heavy atom. The van der Waals surface area contributed by atoms with Crippen LogP contribution in [0.4, 0.5) is 5.82 Å². The molecule has 0 aliphatic carbocycles. The molecule has 0 spiro atoms. The Labute approximate surface area is 200 Å². The maximum atomic E-state index is 12.6. The molecule has 0 bridgehead atoms. The van der Waals surface area contributed by atoms with Crippen LogP contribution in [-0.2, 0) is 13.6 Å². The van der Waals surface area contributed by atoms with Crippen LogP contribution in [0.2, 0.25) is 36.3 Å². The Kier molecular flexibility index (Phi) is 7.95. The van der Waals surface area contributed by atoms with Crippen molar-refractivity contribution in [1.29, 1.82) is 0 Å². The van der Waals surface area contributed by atoms with Crippen molar-refractivity contribution in [2.75, 3.05) is 12.3 Å². The van der Waals surface area contributed by atoms with Gasteiger partial charge in [0.15, 0.2) is 22.9 Å². The number of aromatic nitrogens is 2.